The summed E-state index contributed by atoms with van der Waals surface area (Å²) >= 11 is 1.58. The topological polar surface area (TPSA) is 50.1 Å². The Labute approximate surface area is 95.1 Å². The first-order chi connectivity index (χ1) is 7.24. The number of nitrogens with zero attached hydrogens (tertiary/aromatic N) is 2. The molecule has 2 N–H and O–H groups in total. The molecule has 0 saturated heterocycles. The average Bonchev–Trinajstić information content (AvgIpc) is 2.61. The van der Waals surface area contributed by atoms with Crippen molar-refractivity contribution >= 4 is 11.8 Å². The molecule has 86 valence electrons. The number of imidazole rings is 1. The molecule has 0 spiro atoms. The Balaban J connectivity index is 2.16. The highest BCUT2D eigenvalue weighted by atomic mass is 32.2. The lowest BCUT2D eigenvalue weighted by Crippen LogP contribution is -2.29. The zero-order chi connectivity index (χ0) is 11.1. The van der Waals surface area contributed by atoms with E-state index < -0.39 is 0 Å². The molecule has 0 fully saturated rings. The van der Waals surface area contributed by atoms with Crippen LogP contribution in [0.25, 0.3) is 0 Å². The average molecular weight is 229 g/mol. The standard InChI is InChI=1S/C10H19N3OS/c1-3-4-11-7-9(14)8-15-10-12-5-6-13(10)2/h5-6,9,11,14H,3-4,7-8H2,1-2H3. The first-order valence-corrected chi connectivity index (χ1v) is 6.21. The predicted octanol–water partition coefficient (Wildman–Crippen LogP) is 0.873. The quantitative estimate of drug-likeness (QED) is 0.538. The van der Waals surface area contributed by atoms with Gasteiger partial charge in [0.2, 0.25) is 0 Å². The maximum atomic E-state index is 9.65. The fourth-order valence-electron chi connectivity index (χ4n) is 1.17. The van der Waals surface area contributed by atoms with Crippen molar-refractivity contribution < 1.29 is 5.11 Å². The van der Waals surface area contributed by atoms with E-state index in [2.05, 4.69) is 17.2 Å². The normalized spacial score (nSPS) is 13.0. The van der Waals surface area contributed by atoms with Gasteiger partial charge in [-0.1, -0.05) is 18.7 Å². The minimum atomic E-state index is -0.307. The Hall–Kier alpha value is -0.520. The molecule has 1 heterocycles. The van der Waals surface area contributed by atoms with E-state index in [0.29, 0.717) is 12.3 Å². The Morgan fingerprint density at radius 1 is 1.67 bits per heavy atom. The van der Waals surface area contributed by atoms with Gasteiger partial charge in [0.25, 0.3) is 0 Å². The summed E-state index contributed by atoms with van der Waals surface area (Å²) in [6.07, 6.45) is 4.46. The Bertz CT molecular complexity index is 277. The van der Waals surface area contributed by atoms with E-state index >= 15 is 0 Å². The molecule has 1 aromatic rings. The highest BCUT2D eigenvalue weighted by molar-refractivity contribution is 7.99. The largest absolute Gasteiger partial charge is 0.391 e. The van der Waals surface area contributed by atoms with E-state index in [4.69, 9.17) is 0 Å². The van der Waals surface area contributed by atoms with E-state index in [1.165, 1.54) is 0 Å². The third kappa shape index (κ3) is 4.68. The molecule has 0 aliphatic carbocycles. The van der Waals surface area contributed by atoms with Crippen LogP contribution in [0.3, 0.4) is 0 Å². The summed E-state index contributed by atoms with van der Waals surface area (Å²) < 4.78 is 1.96. The molecule has 1 atom stereocenters. The Morgan fingerprint density at radius 3 is 3.07 bits per heavy atom. The predicted molar refractivity (Wildman–Crippen MR) is 63.1 cm³/mol. The van der Waals surface area contributed by atoms with Crippen LogP contribution in [0.4, 0.5) is 0 Å². The Kier molecular flexibility index (Phi) is 5.75. The highest BCUT2D eigenvalue weighted by Crippen LogP contribution is 2.14. The lowest BCUT2D eigenvalue weighted by molar-refractivity contribution is 0.196. The summed E-state index contributed by atoms with van der Waals surface area (Å²) in [7, 11) is 1.96. The number of nitrogens with one attached hydrogen (secondary N) is 1. The molecule has 0 aliphatic heterocycles. The van der Waals surface area contributed by atoms with Gasteiger partial charge in [-0.25, -0.2) is 4.98 Å². The summed E-state index contributed by atoms with van der Waals surface area (Å²) in [5, 5.41) is 13.8. The highest BCUT2D eigenvalue weighted by Gasteiger charge is 2.06. The van der Waals surface area contributed by atoms with Crippen molar-refractivity contribution in [3.8, 4) is 0 Å². The molecular weight excluding hydrogens is 210 g/mol. The molecule has 1 aromatic heterocycles. The fraction of sp³-hybridized carbons (Fsp3) is 0.700. The molecule has 5 heteroatoms. The van der Waals surface area contributed by atoms with Gasteiger partial charge in [0.1, 0.15) is 0 Å². The van der Waals surface area contributed by atoms with Crippen molar-refractivity contribution in [3.05, 3.63) is 12.4 Å². The number of hydrogen-bond acceptors (Lipinski definition) is 4. The van der Waals surface area contributed by atoms with E-state index in [1.54, 1.807) is 18.0 Å². The van der Waals surface area contributed by atoms with Crippen LogP contribution in [0, 0.1) is 0 Å². The fourth-order valence-corrected chi connectivity index (χ4v) is 2.03. The summed E-state index contributed by atoms with van der Waals surface area (Å²) in [6.45, 7) is 3.73. The van der Waals surface area contributed by atoms with Crippen LogP contribution >= 0.6 is 11.8 Å². The van der Waals surface area contributed by atoms with Gasteiger partial charge in [-0.05, 0) is 13.0 Å². The number of aromatic nitrogens is 2. The lowest BCUT2D eigenvalue weighted by Gasteiger charge is -2.10. The smallest absolute Gasteiger partial charge is 0.167 e. The molecule has 1 unspecified atom stereocenters. The number of thioether (sulfide) groups is 1. The number of rotatable bonds is 7. The molecular formula is C10H19N3OS. The van der Waals surface area contributed by atoms with Gasteiger partial charge in [0.05, 0.1) is 6.10 Å². The minimum Gasteiger partial charge on any atom is -0.391 e. The molecule has 4 nitrogen and oxygen atoms in total. The lowest BCUT2D eigenvalue weighted by atomic mass is 10.4. The molecule has 0 saturated carbocycles. The van der Waals surface area contributed by atoms with E-state index in [9.17, 15) is 5.11 Å². The van der Waals surface area contributed by atoms with Gasteiger partial charge < -0.3 is 15.0 Å². The van der Waals surface area contributed by atoms with Crippen LogP contribution in [-0.4, -0.2) is 39.6 Å². The van der Waals surface area contributed by atoms with Gasteiger partial charge in [0.15, 0.2) is 5.16 Å². The zero-order valence-electron chi connectivity index (χ0n) is 9.31. The number of aliphatic hydroxyl groups is 1. The number of aliphatic hydroxyl groups excluding tert-OH is 1. The zero-order valence-corrected chi connectivity index (χ0v) is 10.1. The van der Waals surface area contributed by atoms with Crippen molar-refractivity contribution in [3.63, 3.8) is 0 Å². The monoisotopic (exact) mass is 229 g/mol. The maximum Gasteiger partial charge on any atom is 0.167 e. The molecule has 15 heavy (non-hydrogen) atoms. The van der Waals surface area contributed by atoms with Crippen molar-refractivity contribution in [2.45, 2.75) is 24.6 Å². The molecule has 1 rings (SSSR count). The molecule has 0 radical (unpaired) electrons. The van der Waals surface area contributed by atoms with Crippen LogP contribution in [0.2, 0.25) is 0 Å². The van der Waals surface area contributed by atoms with E-state index in [0.717, 1.165) is 18.1 Å². The van der Waals surface area contributed by atoms with Crippen LogP contribution in [-0.2, 0) is 7.05 Å². The summed E-state index contributed by atoms with van der Waals surface area (Å²) in [4.78, 5) is 4.18. The van der Waals surface area contributed by atoms with Crippen molar-refractivity contribution in [1.82, 2.24) is 14.9 Å². The van der Waals surface area contributed by atoms with Crippen LogP contribution in [0.1, 0.15) is 13.3 Å². The second-order valence-electron chi connectivity index (χ2n) is 3.49. The third-order valence-electron chi connectivity index (χ3n) is 1.99. The van der Waals surface area contributed by atoms with Crippen molar-refractivity contribution in [1.29, 1.82) is 0 Å². The first-order valence-electron chi connectivity index (χ1n) is 5.23. The van der Waals surface area contributed by atoms with E-state index in [-0.39, 0.29) is 6.10 Å². The summed E-state index contributed by atoms with van der Waals surface area (Å²) in [5.74, 6) is 0.682. The van der Waals surface area contributed by atoms with Gasteiger partial charge in [-0.2, -0.15) is 0 Å². The van der Waals surface area contributed by atoms with Gasteiger partial charge in [-0.15, -0.1) is 0 Å². The number of hydrogen-bond donors (Lipinski definition) is 2. The van der Waals surface area contributed by atoms with Crippen LogP contribution in [0.15, 0.2) is 17.6 Å². The minimum absolute atomic E-state index is 0.307. The van der Waals surface area contributed by atoms with Crippen LogP contribution in [0.5, 0.6) is 0 Å². The van der Waals surface area contributed by atoms with Crippen molar-refractivity contribution in [2.75, 3.05) is 18.8 Å². The Morgan fingerprint density at radius 2 is 2.47 bits per heavy atom. The molecule has 0 aromatic carbocycles. The second-order valence-corrected chi connectivity index (χ2v) is 4.48. The van der Waals surface area contributed by atoms with Gasteiger partial charge in [0, 0.05) is 31.7 Å². The molecule has 0 aliphatic rings. The van der Waals surface area contributed by atoms with E-state index in [1.807, 2.05) is 17.8 Å². The number of aryl methyl sites for hydroxylation is 1. The van der Waals surface area contributed by atoms with Gasteiger partial charge in [-0.3, -0.25) is 0 Å². The maximum absolute atomic E-state index is 9.65. The molecule has 0 amide bonds. The third-order valence-corrected chi connectivity index (χ3v) is 3.19. The van der Waals surface area contributed by atoms with Crippen LogP contribution < -0.4 is 5.32 Å². The summed E-state index contributed by atoms with van der Waals surface area (Å²) in [6, 6.07) is 0. The molecule has 0 bridgehead atoms. The first kappa shape index (κ1) is 12.5. The SMILES string of the molecule is CCCNCC(O)CSc1nccn1C. The summed E-state index contributed by atoms with van der Waals surface area (Å²) in [5.41, 5.74) is 0. The second kappa shape index (κ2) is 6.87. The van der Waals surface area contributed by atoms with Gasteiger partial charge >= 0.3 is 0 Å². The van der Waals surface area contributed by atoms with Crippen molar-refractivity contribution in [2.24, 2.45) is 7.05 Å².